The van der Waals surface area contributed by atoms with Crippen molar-refractivity contribution in [3.05, 3.63) is 0 Å². The third-order valence-electron chi connectivity index (χ3n) is 4.44. The van der Waals surface area contributed by atoms with Crippen LogP contribution in [0.2, 0.25) is 0 Å². The first-order valence-corrected chi connectivity index (χ1v) is 7.61. The average molecular weight is 299 g/mol. The molecule has 1 aliphatic heterocycles. The molecule has 0 radical (unpaired) electrons. The van der Waals surface area contributed by atoms with Crippen molar-refractivity contribution in [1.82, 2.24) is 15.1 Å². The molecule has 0 bridgehead atoms. The number of piperazine rings is 1. The molecule has 0 spiro atoms. The Morgan fingerprint density at radius 2 is 1.62 bits per heavy atom. The van der Waals surface area contributed by atoms with Gasteiger partial charge >= 0.3 is 12.0 Å². The van der Waals surface area contributed by atoms with Gasteiger partial charge in [0.1, 0.15) is 0 Å². The maximum absolute atomic E-state index is 12.1. The molecule has 1 atom stereocenters. The fraction of sp³-hybridized carbons (Fsp3) is 0.867. The Bertz CT molecular complexity index is 384. The number of carbonyl (C=O) groups excluding carboxylic acids is 1. The van der Waals surface area contributed by atoms with E-state index in [1.54, 1.807) is 11.8 Å². The van der Waals surface area contributed by atoms with Gasteiger partial charge in [-0.2, -0.15) is 0 Å². The molecule has 1 heterocycles. The third kappa shape index (κ3) is 4.59. The smallest absolute Gasteiger partial charge is 0.317 e. The second-order valence-electron chi connectivity index (χ2n) is 7.02. The van der Waals surface area contributed by atoms with E-state index in [-0.39, 0.29) is 18.1 Å². The Hall–Kier alpha value is -1.30. The summed E-state index contributed by atoms with van der Waals surface area (Å²) in [6.07, 6.45) is 0.487. The monoisotopic (exact) mass is 299 g/mol. The summed E-state index contributed by atoms with van der Waals surface area (Å²) < 4.78 is 0. The van der Waals surface area contributed by atoms with Crippen LogP contribution in [0.3, 0.4) is 0 Å². The molecule has 0 saturated carbocycles. The number of hydrogen-bond acceptors (Lipinski definition) is 3. The quantitative estimate of drug-likeness (QED) is 0.827. The molecule has 1 unspecified atom stereocenters. The van der Waals surface area contributed by atoms with Crippen LogP contribution in [0, 0.1) is 5.41 Å². The molecule has 6 heteroatoms. The minimum atomic E-state index is -0.900. The van der Waals surface area contributed by atoms with E-state index in [0.29, 0.717) is 19.5 Å². The number of nitrogens with one attached hydrogen (secondary N) is 1. The van der Waals surface area contributed by atoms with Crippen LogP contribution >= 0.6 is 0 Å². The molecule has 0 aliphatic carbocycles. The van der Waals surface area contributed by atoms with Gasteiger partial charge < -0.3 is 15.3 Å². The zero-order valence-corrected chi connectivity index (χ0v) is 13.9. The van der Waals surface area contributed by atoms with Crippen molar-refractivity contribution in [3.63, 3.8) is 0 Å². The van der Waals surface area contributed by atoms with Crippen LogP contribution in [-0.2, 0) is 4.79 Å². The van der Waals surface area contributed by atoms with E-state index in [9.17, 15) is 14.7 Å². The van der Waals surface area contributed by atoms with Gasteiger partial charge in [0.05, 0.1) is 5.41 Å². The summed E-state index contributed by atoms with van der Waals surface area (Å²) >= 11 is 0. The number of rotatable bonds is 4. The van der Waals surface area contributed by atoms with Crippen LogP contribution in [0.1, 0.15) is 41.0 Å². The number of aliphatic carboxylic acids is 1. The van der Waals surface area contributed by atoms with Gasteiger partial charge in [0.25, 0.3) is 0 Å². The van der Waals surface area contributed by atoms with Crippen molar-refractivity contribution >= 4 is 12.0 Å². The van der Waals surface area contributed by atoms with Crippen molar-refractivity contribution in [3.8, 4) is 0 Å². The van der Waals surface area contributed by atoms with Crippen molar-refractivity contribution in [2.24, 2.45) is 5.41 Å². The lowest BCUT2D eigenvalue weighted by Gasteiger charge is -2.42. The largest absolute Gasteiger partial charge is 0.481 e. The fourth-order valence-electron chi connectivity index (χ4n) is 2.31. The van der Waals surface area contributed by atoms with E-state index >= 15 is 0 Å². The highest BCUT2D eigenvalue weighted by atomic mass is 16.4. The van der Waals surface area contributed by atoms with E-state index in [2.05, 4.69) is 31.0 Å². The predicted octanol–water partition coefficient (Wildman–Crippen LogP) is 1.61. The van der Waals surface area contributed by atoms with E-state index in [1.165, 1.54) is 0 Å². The lowest BCUT2D eigenvalue weighted by Crippen LogP contribution is -2.57. The molecule has 0 aromatic heterocycles. The first-order valence-electron chi connectivity index (χ1n) is 7.61. The normalized spacial score (nSPS) is 20.0. The van der Waals surface area contributed by atoms with Crippen LogP contribution in [0.4, 0.5) is 4.79 Å². The van der Waals surface area contributed by atoms with Crippen LogP contribution in [0.5, 0.6) is 0 Å². The highest BCUT2D eigenvalue weighted by Crippen LogP contribution is 2.20. The fourth-order valence-corrected chi connectivity index (χ4v) is 2.31. The van der Waals surface area contributed by atoms with Crippen LogP contribution in [0.25, 0.3) is 0 Å². The van der Waals surface area contributed by atoms with Crippen LogP contribution < -0.4 is 5.32 Å². The highest BCUT2D eigenvalue weighted by Gasteiger charge is 2.33. The van der Waals surface area contributed by atoms with Gasteiger partial charge in [-0.25, -0.2) is 4.79 Å². The molecule has 122 valence electrons. The van der Waals surface area contributed by atoms with Crippen molar-refractivity contribution in [2.75, 3.05) is 32.7 Å². The van der Waals surface area contributed by atoms with Crippen molar-refractivity contribution in [2.45, 2.75) is 46.6 Å². The van der Waals surface area contributed by atoms with E-state index in [1.807, 2.05) is 6.92 Å². The van der Waals surface area contributed by atoms with Gasteiger partial charge in [-0.1, -0.05) is 6.92 Å². The SMILES string of the molecule is CCC(C)(CNC(=O)N1CCN(C(C)(C)C)CC1)C(=O)O. The van der Waals surface area contributed by atoms with E-state index in [4.69, 9.17) is 0 Å². The Labute approximate surface area is 127 Å². The van der Waals surface area contributed by atoms with Crippen LogP contribution in [0.15, 0.2) is 0 Å². The second kappa shape index (κ2) is 6.64. The zero-order valence-electron chi connectivity index (χ0n) is 13.9. The van der Waals surface area contributed by atoms with Crippen molar-refractivity contribution < 1.29 is 14.7 Å². The molecular formula is C15H29N3O3. The molecule has 2 N–H and O–H groups in total. The summed E-state index contributed by atoms with van der Waals surface area (Å²) in [6, 6.07) is -0.163. The summed E-state index contributed by atoms with van der Waals surface area (Å²) in [5.41, 5.74) is -0.782. The van der Waals surface area contributed by atoms with Gasteiger partial charge in [-0.3, -0.25) is 9.69 Å². The Balaban J connectivity index is 2.47. The summed E-state index contributed by atoms with van der Waals surface area (Å²) in [5, 5.41) is 12.0. The zero-order chi connectivity index (χ0) is 16.3. The number of carbonyl (C=O) groups is 2. The molecular weight excluding hydrogens is 270 g/mol. The average Bonchev–Trinajstić information content (AvgIpc) is 2.43. The highest BCUT2D eigenvalue weighted by molar-refractivity contribution is 5.78. The Morgan fingerprint density at radius 3 is 2.00 bits per heavy atom. The number of carboxylic acid groups (broad SMARTS) is 1. The second-order valence-corrected chi connectivity index (χ2v) is 7.02. The van der Waals surface area contributed by atoms with Gasteiger partial charge in [-0.15, -0.1) is 0 Å². The lowest BCUT2D eigenvalue weighted by atomic mass is 9.88. The minimum Gasteiger partial charge on any atom is -0.481 e. The van der Waals surface area contributed by atoms with Gasteiger partial charge in [0.2, 0.25) is 0 Å². The Morgan fingerprint density at radius 1 is 1.10 bits per heavy atom. The first kappa shape index (κ1) is 17.8. The summed E-state index contributed by atoms with van der Waals surface area (Å²) in [6.45, 7) is 13.2. The summed E-state index contributed by atoms with van der Waals surface area (Å²) in [7, 11) is 0. The number of nitrogens with zero attached hydrogens (tertiary/aromatic N) is 2. The molecule has 21 heavy (non-hydrogen) atoms. The van der Waals surface area contributed by atoms with E-state index < -0.39 is 11.4 Å². The molecule has 1 rings (SSSR count). The number of amides is 2. The molecule has 0 aromatic carbocycles. The molecule has 6 nitrogen and oxygen atoms in total. The first-order chi connectivity index (χ1) is 9.60. The summed E-state index contributed by atoms with van der Waals surface area (Å²) in [5.74, 6) is -0.872. The molecule has 1 aliphatic rings. The number of carboxylic acids is 1. The molecule has 2 amide bonds. The van der Waals surface area contributed by atoms with Gasteiger partial charge in [0, 0.05) is 38.3 Å². The minimum absolute atomic E-state index is 0.118. The Kier molecular flexibility index (Phi) is 5.61. The standard InChI is InChI=1S/C15H29N3O3/c1-6-15(5,12(19)20)11-16-13(21)17-7-9-18(10-8-17)14(2,3)4/h6-11H2,1-5H3,(H,16,21)(H,19,20). The van der Waals surface area contributed by atoms with Gasteiger partial charge in [0.15, 0.2) is 0 Å². The number of urea groups is 1. The molecule has 1 fully saturated rings. The maximum atomic E-state index is 12.1. The third-order valence-corrected chi connectivity index (χ3v) is 4.44. The van der Waals surface area contributed by atoms with Crippen molar-refractivity contribution in [1.29, 1.82) is 0 Å². The van der Waals surface area contributed by atoms with E-state index in [0.717, 1.165) is 13.1 Å². The van der Waals surface area contributed by atoms with Gasteiger partial charge in [-0.05, 0) is 34.1 Å². The topological polar surface area (TPSA) is 72.9 Å². The summed E-state index contributed by atoms with van der Waals surface area (Å²) in [4.78, 5) is 27.5. The lowest BCUT2D eigenvalue weighted by molar-refractivity contribution is -0.147. The predicted molar refractivity (Wildman–Crippen MR) is 82.3 cm³/mol. The number of hydrogen-bond donors (Lipinski definition) is 2. The molecule has 0 aromatic rings. The maximum Gasteiger partial charge on any atom is 0.317 e. The van der Waals surface area contributed by atoms with Crippen LogP contribution in [-0.4, -0.2) is 65.2 Å². The molecule has 1 saturated heterocycles.